The van der Waals surface area contributed by atoms with Crippen LogP contribution in [0.5, 0.6) is 0 Å². The number of hydrogen-bond donors (Lipinski definition) is 1. The Morgan fingerprint density at radius 1 is 1.05 bits per heavy atom. The monoisotopic (exact) mass is 296 g/mol. The van der Waals surface area contributed by atoms with E-state index in [2.05, 4.69) is 0 Å². The van der Waals surface area contributed by atoms with Gasteiger partial charge in [-0.05, 0) is 47.7 Å². The number of aliphatic hydroxyl groups is 1. The molecule has 1 aliphatic rings. The predicted octanol–water partition coefficient (Wildman–Crippen LogP) is 4.03. The van der Waals surface area contributed by atoms with Gasteiger partial charge in [0.05, 0.1) is 5.56 Å². The molecule has 0 saturated heterocycles. The van der Waals surface area contributed by atoms with Crippen LogP contribution in [0.4, 0.5) is 17.6 Å². The summed E-state index contributed by atoms with van der Waals surface area (Å²) in [4.78, 5) is 0. The number of fused-ring (bicyclic) bond motifs is 1. The third kappa shape index (κ3) is 2.21. The fourth-order valence-electron chi connectivity index (χ4n) is 2.89. The fraction of sp³-hybridized carbons (Fsp3) is 0.250. The molecule has 0 saturated carbocycles. The second-order valence-electron chi connectivity index (χ2n) is 5.20. The molecular weight excluding hydrogens is 284 g/mol. The van der Waals surface area contributed by atoms with Crippen LogP contribution in [0.1, 0.15) is 28.7 Å². The van der Waals surface area contributed by atoms with Crippen molar-refractivity contribution >= 4 is 0 Å². The van der Waals surface area contributed by atoms with Crippen LogP contribution in [-0.2, 0) is 18.2 Å². The zero-order valence-corrected chi connectivity index (χ0v) is 10.9. The molecule has 1 nitrogen and oxygen atoms in total. The Kier molecular flexibility index (Phi) is 3.06. The van der Waals surface area contributed by atoms with E-state index in [1.54, 1.807) is 6.07 Å². The second kappa shape index (κ2) is 4.56. The van der Waals surface area contributed by atoms with Gasteiger partial charge in [-0.25, -0.2) is 4.39 Å². The molecule has 21 heavy (non-hydrogen) atoms. The van der Waals surface area contributed by atoms with E-state index in [-0.39, 0.29) is 12.0 Å². The summed E-state index contributed by atoms with van der Waals surface area (Å²) in [5, 5.41) is 10.8. The molecule has 0 aromatic heterocycles. The lowest BCUT2D eigenvalue weighted by atomic mass is 9.87. The van der Waals surface area contributed by atoms with Crippen molar-refractivity contribution in [2.75, 3.05) is 0 Å². The molecule has 1 atom stereocenters. The second-order valence-corrected chi connectivity index (χ2v) is 5.20. The van der Waals surface area contributed by atoms with Gasteiger partial charge in [-0.1, -0.05) is 24.3 Å². The molecule has 0 amide bonds. The highest BCUT2D eigenvalue weighted by atomic mass is 19.4. The van der Waals surface area contributed by atoms with Crippen LogP contribution in [0.2, 0.25) is 0 Å². The SMILES string of the molecule is OC1(c2cccc(C(F)(F)F)c2)CCc2c(F)cccc21. The first-order valence-electron chi connectivity index (χ1n) is 6.50. The van der Waals surface area contributed by atoms with E-state index >= 15 is 0 Å². The summed E-state index contributed by atoms with van der Waals surface area (Å²) in [6, 6.07) is 8.89. The van der Waals surface area contributed by atoms with Crippen molar-refractivity contribution in [3.63, 3.8) is 0 Å². The minimum Gasteiger partial charge on any atom is -0.380 e. The topological polar surface area (TPSA) is 20.2 Å². The third-order valence-electron chi connectivity index (χ3n) is 3.97. The van der Waals surface area contributed by atoms with Gasteiger partial charge in [0, 0.05) is 0 Å². The summed E-state index contributed by atoms with van der Waals surface area (Å²) in [7, 11) is 0. The van der Waals surface area contributed by atoms with Crippen LogP contribution >= 0.6 is 0 Å². The molecule has 0 aliphatic heterocycles. The van der Waals surface area contributed by atoms with Gasteiger partial charge in [0.2, 0.25) is 0 Å². The van der Waals surface area contributed by atoms with Crippen LogP contribution < -0.4 is 0 Å². The maximum atomic E-state index is 13.7. The van der Waals surface area contributed by atoms with Crippen molar-refractivity contribution in [3.8, 4) is 0 Å². The van der Waals surface area contributed by atoms with E-state index in [1.165, 1.54) is 24.3 Å². The van der Waals surface area contributed by atoms with E-state index in [0.29, 0.717) is 17.5 Å². The Hall–Kier alpha value is -1.88. The molecule has 0 spiro atoms. The lowest BCUT2D eigenvalue weighted by molar-refractivity contribution is -0.137. The molecule has 2 aromatic rings. The Labute approximate surface area is 118 Å². The van der Waals surface area contributed by atoms with Crippen molar-refractivity contribution in [2.24, 2.45) is 0 Å². The molecule has 0 fully saturated rings. The number of benzene rings is 2. The Balaban J connectivity index is 2.13. The first kappa shape index (κ1) is 14.1. The average molecular weight is 296 g/mol. The first-order chi connectivity index (χ1) is 9.82. The molecule has 1 N–H and O–H groups in total. The summed E-state index contributed by atoms with van der Waals surface area (Å²) in [5.41, 5.74) is -1.53. The molecule has 0 bridgehead atoms. The number of alkyl halides is 3. The Morgan fingerprint density at radius 2 is 1.76 bits per heavy atom. The smallest absolute Gasteiger partial charge is 0.380 e. The standard InChI is InChI=1S/C16H12F4O/c17-14-6-2-5-13-12(14)7-8-15(13,21)10-3-1-4-11(9-10)16(18,19)20/h1-6,9,21H,7-8H2. The zero-order valence-electron chi connectivity index (χ0n) is 10.9. The minimum atomic E-state index is -4.48. The van der Waals surface area contributed by atoms with Gasteiger partial charge in [0.15, 0.2) is 0 Å². The van der Waals surface area contributed by atoms with Crippen LogP contribution in [0.15, 0.2) is 42.5 Å². The molecule has 1 unspecified atom stereocenters. The molecular formula is C16H12F4O. The van der Waals surface area contributed by atoms with Gasteiger partial charge in [0.25, 0.3) is 0 Å². The van der Waals surface area contributed by atoms with Crippen LogP contribution in [0.3, 0.4) is 0 Å². The van der Waals surface area contributed by atoms with E-state index in [1.807, 2.05) is 0 Å². The van der Waals surface area contributed by atoms with E-state index in [4.69, 9.17) is 0 Å². The van der Waals surface area contributed by atoms with Crippen LogP contribution in [0, 0.1) is 5.82 Å². The minimum absolute atomic E-state index is 0.140. The lowest BCUT2D eigenvalue weighted by Gasteiger charge is -2.25. The van der Waals surface area contributed by atoms with Crippen molar-refractivity contribution in [3.05, 3.63) is 70.5 Å². The molecule has 1 aliphatic carbocycles. The molecule has 110 valence electrons. The fourth-order valence-corrected chi connectivity index (χ4v) is 2.89. The summed E-state index contributed by atoms with van der Waals surface area (Å²) in [6.07, 6.45) is -4.00. The quantitative estimate of drug-likeness (QED) is 0.788. The summed E-state index contributed by atoms with van der Waals surface area (Å²) in [6.45, 7) is 0. The molecule has 0 heterocycles. The summed E-state index contributed by atoms with van der Waals surface area (Å²) >= 11 is 0. The maximum absolute atomic E-state index is 13.7. The lowest BCUT2D eigenvalue weighted by Crippen LogP contribution is -2.24. The Bertz CT molecular complexity index is 693. The number of halogens is 4. The first-order valence-corrected chi connectivity index (χ1v) is 6.50. The summed E-state index contributed by atoms with van der Waals surface area (Å²) < 4.78 is 52.1. The maximum Gasteiger partial charge on any atom is 0.416 e. The molecule has 2 aromatic carbocycles. The highest BCUT2D eigenvalue weighted by Crippen LogP contribution is 2.44. The van der Waals surface area contributed by atoms with E-state index < -0.39 is 23.2 Å². The normalized spacial score (nSPS) is 21.4. The number of rotatable bonds is 1. The highest BCUT2D eigenvalue weighted by Gasteiger charge is 2.41. The molecule has 0 radical (unpaired) electrons. The largest absolute Gasteiger partial charge is 0.416 e. The number of hydrogen-bond acceptors (Lipinski definition) is 1. The van der Waals surface area contributed by atoms with Gasteiger partial charge in [-0.15, -0.1) is 0 Å². The predicted molar refractivity (Wildman–Crippen MR) is 69.2 cm³/mol. The van der Waals surface area contributed by atoms with Gasteiger partial charge in [-0.3, -0.25) is 0 Å². The zero-order chi connectivity index (χ0) is 15.3. The van der Waals surface area contributed by atoms with Crippen LogP contribution in [-0.4, -0.2) is 5.11 Å². The van der Waals surface area contributed by atoms with Crippen molar-refractivity contribution < 1.29 is 22.7 Å². The van der Waals surface area contributed by atoms with E-state index in [0.717, 1.165) is 12.1 Å². The average Bonchev–Trinajstić information content (AvgIpc) is 2.79. The van der Waals surface area contributed by atoms with Crippen molar-refractivity contribution in [2.45, 2.75) is 24.6 Å². The van der Waals surface area contributed by atoms with Crippen molar-refractivity contribution in [1.82, 2.24) is 0 Å². The highest BCUT2D eigenvalue weighted by molar-refractivity contribution is 5.46. The van der Waals surface area contributed by atoms with Gasteiger partial charge < -0.3 is 5.11 Å². The molecule has 3 rings (SSSR count). The van der Waals surface area contributed by atoms with Crippen molar-refractivity contribution in [1.29, 1.82) is 0 Å². The third-order valence-corrected chi connectivity index (χ3v) is 3.97. The van der Waals surface area contributed by atoms with Crippen LogP contribution in [0.25, 0.3) is 0 Å². The van der Waals surface area contributed by atoms with E-state index in [9.17, 15) is 22.7 Å². The molecule has 5 heteroatoms. The summed E-state index contributed by atoms with van der Waals surface area (Å²) in [5.74, 6) is -0.435. The van der Waals surface area contributed by atoms with Gasteiger partial charge >= 0.3 is 6.18 Å². The Morgan fingerprint density at radius 3 is 2.48 bits per heavy atom. The van der Waals surface area contributed by atoms with Gasteiger partial charge in [-0.2, -0.15) is 13.2 Å². The van der Waals surface area contributed by atoms with Gasteiger partial charge in [0.1, 0.15) is 11.4 Å².